The Morgan fingerprint density at radius 2 is 1.95 bits per heavy atom. The lowest BCUT2D eigenvalue weighted by Gasteiger charge is -2.01. The molecule has 0 heterocycles. The molecule has 0 atom stereocenters. The molecule has 0 radical (unpaired) electrons. The molecule has 108 valence electrons. The number of nitrogens with one attached hydrogen (secondary N) is 1. The van der Waals surface area contributed by atoms with Crippen LogP contribution in [0.2, 0.25) is 0 Å². The maximum atomic E-state index is 11.7. The van der Waals surface area contributed by atoms with Gasteiger partial charge < -0.3 is 0 Å². The Morgan fingerprint density at radius 3 is 2.67 bits per heavy atom. The minimum Gasteiger partial charge on any atom is -0.272 e. The summed E-state index contributed by atoms with van der Waals surface area (Å²) < 4.78 is 0.942. The van der Waals surface area contributed by atoms with E-state index >= 15 is 0 Å². The summed E-state index contributed by atoms with van der Waals surface area (Å²) in [4.78, 5) is 12.8. The van der Waals surface area contributed by atoms with E-state index in [1.165, 1.54) is 17.3 Å². The van der Waals surface area contributed by atoms with Gasteiger partial charge in [-0.2, -0.15) is 5.10 Å². The normalized spacial score (nSPS) is 10.8. The van der Waals surface area contributed by atoms with Gasteiger partial charge in [-0.05, 0) is 25.1 Å². The molecule has 0 aliphatic carbocycles. The molecule has 3 nitrogen and oxygen atoms in total. The van der Waals surface area contributed by atoms with Crippen molar-refractivity contribution in [3.05, 3.63) is 64.1 Å². The van der Waals surface area contributed by atoms with E-state index < -0.39 is 0 Å². The van der Waals surface area contributed by atoms with Crippen molar-refractivity contribution >= 4 is 39.8 Å². The molecular formula is C16H15BrN2OS. The number of halogens is 1. The molecule has 1 amide bonds. The van der Waals surface area contributed by atoms with Gasteiger partial charge >= 0.3 is 0 Å². The molecule has 5 heteroatoms. The fourth-order valence-electron chi connectivity index (χ4n) is 1.57. The Balaban J connectivity index is 1.80. The Hall–Kier alpha value is -1.59. The molecule has 1 N–H and O–H groups in total. The summed E-state index contributed by atoms with van der Waals surface area (Å²) in [6.07, 6.45) is 1.62. The third-order valence-corrected chi connectivity index (χ3v) is 4.42. The van der Waals surface area contributed by atoms with Crippen LogP contribution in [0.25, 0.3) is 0 Å². The highest BCUT2D eigenvalue weighted by molar-refractivity contribution is 9.10. The van der Waals surface area contributed by atoms with Gasteiger partial charge in [0.2, 0.25) is 5.91 Å². The number of nitrogens with zero attached hydrogens (tertiary/aromatic N) is 1. The molecule has 0 aromatic heterocycles. The molecule has 0 saturated heterocycles. The van der Waals surface area contributed by atoms with E-state index in [1.54, 1.807) is 6.21 Å². The van der Waals surface area contributed by atoms with E-state index in [0.29, 0.717) is 5.75 Å². The minimum atomic E-state index is -0.121. The fraction of sp³-hybridized carbons (Fsp3) is 0.125. The topological polar surface area (TPSA) is 41.5 Å². The molecular weight excluding hydrogens is 348 g/mol. The number of amides is 1. The van der Waals surface area contributed by atoms with E-state index in [1.807, 2.05) is 55.5 Å². The number of aryl methyl sites for hydroxylation is 1. The van der Waals surface area contributed by atoms with Crippen molar-refractivity contribution in [2.24, 2.45) is 5.10 Å². The highest BCUT2D eigenvalue weighted by atomic mass is 79.9. The quantitative estimate of drug-likeness (QED) is 0.496. The summed E-state index contributed by atoms with van der Waals surface area (Å²) >= 11 is 4.91. The summed E-state index contributed by atoms with van der Waals surface area (Å²) in [5, 5.41) is 3.96. The monoisotopic (exact) mass is 362 g/mol. The first-order chi connectivity index (χ1) is 10.1. The Kier molecular flexibility index (Phi) is 6.02. The van der Waals surface area contributed by atoms with E-state index in [4.69, 9.17) is 0 Å². The van der Waals surface area contributed by atoms with Crippen molar-refractivity contribution < 1.29 is 4.79 Å². The predicted octanol–water partition coefficient (Wildman–Crippen LogP) is 4.00. The second-order valence-corrected chi connectivity index (χ2v) is 6.32. The Bertz CT molecular complexity index is 641. The maximum Gasteiger partial charge on any atom is 0.250 e. The van der Waals surface area contributed by atoms with Gasteiger partial charge in [-0.3, -0.25) is 4.79 Å². The van der Waals surface area contributed by atoms with E-state index in [-0.39, 0.29) is 5.91 Å². The lowest BCUT2D eigenvalue weighted by Crippen LogP contribution is -2.19. The van der Waals surface area contributed by atoms with E-state index in [2.05, 4.69) is 26.5 Å². The van der Waals surface area contributed by atoms with E-state index in [9.17, 15) is 4.79 Å². The van der Waals surface area contributed by atoms with Crippen molar-refractivity contribution in [2.75, 3.05) is 5.75 Å². The van der Waals surface area contributed by atoms with Crippen LogP contribution in [0.15, 0.2) is 63.0 Å². The first kappa shape index (κ1) is 15.8. The number of carbonyl (C=O) groups excluding carboxylic acids is 1. The van der Waals surface area contributed by atoms with Crippen LogP contribution < -0.4 is 5.43 Å². The lowest BCUT2D eigenvalue weighted by atomic mass is 10.2. The van der Waals surface area contributed by atoms with Crippen molar-refractivity contribution in [3.63, 3.8) is 0 Å². The number of hydrazone groups is 1. The van der Waals surface area contributed by atoms with Crippen molar-refractivity contribution in [1.82, 2.24) is 5.43 Å². The van der Waals surface area contributed by atoms with Crippen LogP contribution in [0.1, 0.15) is 11.1 Å². The summed E-state index contributed by atoms with van der Waals surface area (Å²) in [7, 11) is 0. The molecule has 0 saturated carbocycles. The van der Waals surface area contributed by atoms with Crippen LogP contribution >= 0.6 is 27.7 Å². The molecule has 21 heavy (non-hydrogen) atoms. The third-order valence-electron chi connectivity index (χ3n) is 2.69. The van der Waals surface area contributed by atoms with Gasteiger partial charge in [0.1, 0.15) is 0 Å². The minimum absolute atomic E-state index is 0.121. The zero-order valence-corrected chi connectivity index (χ0v) is 13.9. The molecule has 2 aromatic carbocycles. The molecule has 2 aromatic rings. The first-order valence-corrected chi connectivity index (χ1v) is 8.19. The molecule has 0 bridgehead atoms. The van der Waals surface area contributed by atoms with Crippen molar-refractivity contribution in [2.45, 2.75) is 11.8 Å². The van der Waals surface area contributed by atoms with Crippen molar-refractivity contribution in [3.8, 4) is 0 Å². The van der Waals surface area contributed by atoms with Gasteiger partial charge in [0.25, 0.3) is 0 Å². The van der Waals surface area contributed by atoms with Gasteiger partial charge in [0.15, 0.2) is 0 Å². The molecule has 0 spiro atoms. The van der Waals surface area contributed by atoms with Gasteiger partial charge in [-0.15, -0.1) is 11.8 Å². The number of hydrogen-bond acceptors (Lipinski definition) is 3. The Labute approximate surface area is 137 Å². The highest BCUT2D eigenvalue weighted by Crippen LogP contribution is 2.17. The molecule has 2 rings (SSSR count). The molecule has 0 aliphatic heterocycles. The van der Waals surface area contributed by atoms with Crippen molar-refractivity contribution in [1.29, 1.82) is 0 Å². The SMILES string of the molecule is Cc1ccc(SCC(=O)NN=Cc2ccccc2Br)cc1. The zero-order valence-electron chi connectivity index (χ0n) is 11.5. The average molecular weight is 363 g/mol. The highest BCUT2D eigenvalue weighted by Gasteiger charge is 2.01. The summed E-state index contributed by atoms with van der Waals surface area (Å²) in [6, 6.07) is 15.8. The summed E-state index contributed by atoms with van der Waals surface area (Å²) in [5.74, 6) is 0.222. The Morgan fingerprint density at radius 1 is 1.24 bits per heavy atom. The van der Waals surface area contributed by atoms with E-state index in [0.717, 1.165) is 14.9 Å². The number of carbonyl (C=O) groups is 1. The number of benzene rings is 2. The summed E-state index contributed by atoms with van der Waals surface area (Å²) in [5.41, 5.74) is 4.66. The first-order valence-electron chi connectivity index (χ1n) is 6.41. The van der Waals surface area contributed by atoms with Crippen LogP contribution in [0.4, 0.5) is 0 Å². The largest absolute Gasteiger partial charge is 0.272 e. The van der Waals surface area contributed by atoms with Gasteiger partial charge in [0.05, 0.1) is 12.0 Å². The molecule has 0 aliphatic rings. The number of rotatable bonds is 5. The van der Waals surface area contributed by atoms with Crippen LogP contribution in [-0.2, 0) is 4.79 Å². The standard InChI is InChI=1S/C16H15BrN2OS/c1-12-6-8-14(9-7-12)21-11-16(20)19-18-10-13-4-2-3-5-15(13)17/h2-10H,11H2,1H3,(H,19,20). The maximum absolute atomic E-state index is 11.7. The predicted molar refractivity (Wildman–Crippen MR) is 91.8 cm³/mol. The van der Waals surface area contributed by atoms with Gasteiger partial charge in [-0.25, -0.2) is 5.43 Å². The zero-order chi connectivity index (χ0) is 15.1. The van der Waals surface area contributed by atoms with Gasteiger partial charge in [0, 0.05) is 14.9 Å². The molecule has 0 unspecified atom stereocenters. The van der Waals surface area contributed by atoms with Crippen LogP contribution in [0.3, 0.4) is 0 Å². The number of hydrogen-bond donors (Lipinski definition) is 1. The fourth-order valence-corrected chi connectivity index (χ4v) is 2.65. The smallest absolute Gasteiger partial charge is 0.250 e. The lowest BCUT2D eigenvalue weighted by molar-refractivity contribution is -0.118. The second kappa shape index (κ2) is 8.00. The van der Waals surface area contributed by atoms with Gasteiger partial charge in [-0.1, -0.05) is 51.8 Å². The molecule has 0 fully saturated rings. The second-order valence-electron chi connectivity index (χ2n) is 4.42. The van der Waals surface area contributed by atoms with Crippen LogP contribution in [0.5, 0.6) is 0 Å². The van der Waals surface area contributed by atoms with Crippen LogP contribution in [-0.4, -0.2) is 17.9 Å². The third kappa shape index (κ3) is 5.36. The average Bonchev–Trinajstić information content (AvgIpc) is 2.49. The summed E-state index contributed by atoms with van der Waals surface area (Å²) in [6.45, 7) is 2.04. The number of thioether (sulfide) groups is 1. The van der Waals surface area contributed by atoms with Crippen LogP contribution in [0, 0.1) is 6.92 Å².